The third kappa shape index (κ3) is 2.83. The third-order valence-corrected chi connectivity index (χ3v) is 4.58. The number of likely N-dealkylation sites (tertiary alicyclic amines) is 1. The Morgan fingerprint density at radius 1 is 1.25 bits per heavy atom. The van der Waals surface area contributed by atoms with Crippen LogP contribution in [0.1, 0.15) is 19.8 Å². The molecule has 0 saturated carbocycles. The van der Waals surface area contributed by atoms with Crippen LogP contribution in [0.25, 0.3) is 0 Å². The van der Waals surface area contributed by atoms with Crippen LogP contribution in [0.3, 0.4) is 0 Å². The lowest BCUT2D eigenvalue weighted by atomic mass is 10.0. The van der Waals surface area contributed by atoms with Gasteiger partial charge >= 0.3 is 0 Å². The maximum Gasteiger partial charge on any atom is 0.252 e. The Morgan fingerprint density at radius 2 is 2.05 bits per heavy atom. The minimum Gasteiger partial charge on any atom is -0.501 e. The van der Waals surface area contributed by atoms with Crippen LogP contribution in [-0.2, 0) is 14.3 Å². The summed E-state index contributed by atoms with van der Waals surface area (Å²) in [7, 11) is 0. The molecule has 0 radical (unpaired) electrons. The largest absolute Gasteiger partial charge is 0.501 e. The van der Waals surface area contributed by atoms with Gasteiger partial charge in [-0.1, -0.05) is 6.92 Å². The van der Waals surface area contributed by atoms with Crippen LogP contribution in [0.4, 0.5) is 0 Å². The van der Waals surface area contributed by atoms with Gasteiger partial charge in [-0.15, -0.1) is 0 Å². The number of hydrogen-bond donors (Lipinski definition) is 0. The van der Waals surface area contributed by atoms with Gasteiger partial charge in [-0.3, -0.25) is 9.69 Å². The van der Waals surface area contributed by atoms with E-state index in [1.807, 2.05) is 4.90 Å². The number of carbonyl (C=O) groups excluding carboxylic acids is 1. The molecular formula is C15H24N2O3. The maximum atomic E-state index is 12.5. The van der Waals surface area contributed by atoms with E-state index in [0.717, 1.165) is 64.4 Å². The lowest BCUT2D eigenvalue weighted by Crippen LogP contribution is -2.47. The summed E-state index contributed by atoms with van der Waals surface area (Å²) in [5.41, 5.74) is 0.839. The highest BCUT2D eigenvalue weighted by molar-refractivity contribution is 5.93. The summed E-state index contributed by atoms with van der Waals surface area (Å²) in [5.74, 6) is 0.703. The second kappa shape index (κ2) is 6.14. The van der Waals surface area contributed by atoms with Gasteiger partial charge in [-0.25, -0.2) is 0 Å². The number of ether oxygens (including phenoxy) is 2. The van der Waals surface area contributed by atoms with Crippen molar-refractivity contribution >= 4 is 5.91 Å². The summed E-state index contributed by atoms with van der Waals surface area (Å²) in [5, 5.41) is 0. The zero-order chi connectivity index (χ0) is 13.9. The van der Waals surface area contributed by atoms with Crippen molar-refractivity contribution in [3.63, 3.8) is 0 Å². The number of nitrogens with zero attached hydrogens (tertiary/aromatic N) is 2. The number of carbonyl (C=O) groups is 1. The zero-order valence-electron chi connectivity index (χ0n) is 12.2. The molecule has 1 amide bonds. The molecular weight excluding hydrogens is 256 g/mol. The smallest absolute Gasteiger partial charge is 0.252 e. The van der Waals surface area contributed by atoms with Gasteiger partial charge in [0.1, 0.15) is 0 Å². The van der Waals surface area contributed by atoms with Crippen molar-refractivity contribution in [2.75, 3.05) is 46.0 Å². The van der Waals surface area contributed by atoms with Crippen molar-refractivity contribution in [1.29, 1.82) is 0 Å². The molecule has 3 heterocycles. The van der Waals surface area contributed by atoms with Gasteiger partial charge in [0, 0.05) is 32.2 Å². The molecule has 0 aromatic carbocycles. The highest BCUT2D eigenvalue weighted by atomic mass is 16.5. The summed E-state index contributed by atoms with van der Waals surface area (Å²) < 4.78 is 10.7. The minimum absolute atomic E-state index is 0.173. The van der Waals surface area contributed by atoms with Crippen LogP contribution >= 0.6 is 0 Å². The SMILES string of the molecule is C[C@H]1CN(C(=O)C2=COCCC2)C[C@@H]1N1CCOCC1. The fraction of sp³-hybridized carbons (Fsp3) is 0.800. The average molecular weight is 280 g/mol. The highest BCUT2D eigenvalue weighted by Gasteiger charge is 2.37. The molecule has 0 aromatic heterocycles. The molecule has 0 bridgehead atoms. The number of hydrogen-bond acceptors (Lipinski definition) is 4. The first-order valence-electron chi connectivity index (χ1n) is 7.67. The number of amides is 1. The van der Waals surface area contributed by atoms with E-state index in [0.29, 0.717) is 12.0 Å². The molecule has 5 nitrogen and oxygen atoms in total. The summed E-state index contributed by atoms with van der Waals surface area (Å²) in [6.45, 7) is 8.30. The van der Waals surface area contributed by atoms with Crippen LogP contribution in [-0.4, -0.2) is 67.7 Å². The van der Waals surface area contributed by atoms with Gasteiger partial charge in [0.15, 0.2) is 0 Å². The Hall–Kier alpha value is -1.07. The molecule has 2 fully saturated rings. The van der Waals surface area contributed by atoms with Crippen molar-refractivity contribution in [2.24, 2.45) is 5.92 Å². The highest BCUT2D eigenvalue weighted by Crippen LogP contribution is 2.25. The Balaban J connectivity index is 1.62. The predicted molar refractivity (Wildman–Crippen MR) is 75.2 cm³/mol. The Bertz CT molecular complexity index is 391. The zero-order valence-corrected chi connectivity index (χ0v) is 12.2. The van der Waals surface area contributed by atoms with E-state index in [1.54, 1.807) is 6.26 Å². The van der Waals surface area contributed by atoms with Gasteiger partial charge < -0.3 is 14.4 Å². The summed E-state index contributed by atoms with van der Waals surface area (Å²) in [6, 6.07) is 0.480. The maximum absolute atomic E-state index is 12.5. The average Bonchev–Trinajstić information content (AvgIpc) is 2.90. The van der Waals surface area contributed by atoms with E-state index < -0.39 is 0 Å². The van der Waals surface area contributed by atoms with E-state index >= 15 is 0 Å². The summed E-state index contributed by atoms with van der Waals surface area (Å²) in [4.78, 5) is 17.0. The molecule has 20 heavy (non-hydrogen) atoms. The first-order valence-corrected chi connectivity index (χ1v) is 7.67. The Labute approximate surface area is 120 Å². The monoisotopic (exact) mass is 280 g/mol. The molecule has 0 N–H and O–H groups in total. The van der Waals surface area contributed by atoms with Gasteiger partial charge in [0.2, 0.25) is 0 Å². The molecule has 0 aromatic rings. The normalized spacial score (nSPS) is 31.9. The van der Waals surface area contributed by atoms with Gasteiger partial charge in [0.05, 0.1) is 31.7 Å². The van der Waals surface area contributed by atoms with Crippen molar-refractivity contribution in [3.05, 3.63) is 11.8 Å². The third-order valence-electron chi connectivity index (χ3n) is 4.58. The number of morpholine rings is 1. The van der Waals surface area contributed by atoms with E-state index in [-0.39, 0.29) is 5.91 Å². The Kier molecular flexibility index (Phi) is 4.27. The second-order valence-corrected chi connectivity index (χ2v) is 6.02. The quantitative estimate of drug-likeness (QED) is 0.752. The van der Waals surface area contributed by atoms with Crippen LogP contribution < -0.4 is 0 Å². The molecule has 0 unspecified atom stereocenters. The van der Waals surface area contributed by atoms with Gasteiger partial charge in [-0.05, 0) is 18.8 Å². The fourth-order valence-electron chi connectivity index (χ4n) is 3.42. The van der Waals surface area contributed by atoms with Crippen LogP contribution in [0, 0.1) is 5.92 Å². The molecule has 3 aliphatic rings. The van der Waals surface area contributed by atoms with E-state index in [1.165, 1.54) is 0 Å². The van der Waals surface area contributed by atoms with Crippen LogP contribution in [0.2, 0.25) is 0 Å². The topological polar surface area (TPSA) is 42.0 Å². The molecule has 3 rings (SSSR count). The molecule has 2 saturated heterocycles. The van der Waals surface area contributed by atoms with E-state index in [2.05, 4.69) is 11.8 Å². The first kappa shape index (κ1) is 13.9. The molecule has 0 spiro atoms. The fourth-order valence-corrected chi connectivity index (χ4v) is 3.42. The Morgan fingerprint density at radius 3 is 2.75 bits per heavy atom. The van der Waals surface area contributed by atoms with Crippen molar-refractivity contribution in [3.8, 4) is 0 Å². The molecule has 3 aliphatic heterocycles. The standard InChI is InChI=1S/C15H24N2O3/c1-12-9-17(15(18)13-3-2-6-20-11-13)10-14(12)16-4-7-19-8-5-16/h11-12,14H,2-10H2,1H3/t12-,14-/m0/s1. The summed E-state index contributed by atoms with van der Waals surface area (Å²) in [6.07, 6.45) is 3.47. The minimum atomic E-state index is 0.173. The lowest BCUT2D eigenvalue weighted by molar-refractivity contribution is -0.127. The second-order valence-electron chi connectivity index (χ2n) is 6.02. The van der Waals surface area contributed by atoms with Crippen LogP contribution in [0.5, 0.6) is 0 Å². The first-order chi connectivity index (χ1) is 9.75. The van der Waals surface area contributed by atoms with Gasteiger partial charge in [0.25, 0.3) is 5.91 Å². The van der Waals surface area contributed by atoms with Crippen molar-refractivity contribution < 1.29 is 14.3 Å². The lowest BCUT2D eigenvalue weighted by Gasteiger charge is -2.34. The molecule has 112 valence electrons. The number of rotatable bonds is 2. The van der Waals surface area contributed by atoms with Crippen molar-refractivity contribution in [2.45, 2.75) is 25.8 Å². The van der Waals surface area contributed by atoms with Crippen LogP contribution in [0.15, 0.2) is 11.8 Å². The van der Waals surface area contributed by atoms with Gasteiger partial charge in [-0.2, -0.15) is 0 Å². The molecule has 0 aliphatic carbocycles. The van der Waals surface area contributed by atoms with E-state index in [4.69, 9.17) is 9.47 Å². The van der Waals surface area contributed by atoms with E-state index in [9.17, 15) is 4.79 Å². The molecule has 5 heteroatoms. The molecule has 2 atom stereocenters. The van der Waals surface area contributed by atoms with Crippen molar-refractivity contribution in [1.82, 2.24) is 9.80 Å². The summed E-state index contributed by atoms with van der Waals surface area (Å²) >= 11 is 0. The predicted octanol–water partition coefficient (Wildman–Crippen LogP) is 0.860.